The van der Waals surface area contributed by atoms with Crippen molar-refractivity contribution in [3.63, 3.8) is 0 Å². The maximum atomic E-state index is 11.3. The van der Waals surface area contributed by atoms with Gasteiger partial charge in [-0.05, 0) is 25.7 Å². The summed E-state index contributed by atoms with van der Waals surface area (Å²) >= 11 is 0. The first-order chi connectivity index (χ1) is 13.4. The molecule has 29 heavy (non-hydrogen) atoms. The van der Waals surface area contributed by atoms with E-state index in [1.54, 1.807) is 0 Å². The van der Waals surface area contributed by atoms with Gasteiger partial charge >= 0.3 is 29.6 Å². The van der Waals surface area contributed by atoms with E-state index < -0.39 is 15.4 Å². The van der Waals surface area contributed by atoms with Crippen molar-refractivity contribution in [1.82, 2.24) is 0 Å². The van der Waals surface area contributed by atoms with E-state index in [9.17, 15) is 18.1 Å². The van der Waals surface area contributed by atoms with Crippen molar-refractivity contribution in [1.29, 1.82) is 0 Å². The van der Waals surface area contributed by atoms with Gasteiger partial charge in [-0.25, -0.2) is 8.42 Å². The molecule has 0 fully saturated rings. The molecule has 4 nitrogen and oxygen atoms in total. The molecule has 0 aliphatic heterocycles. The molecule has 0 bridgehead atoms. The molecule has 0 spiro atoms. The summed E-state index contributed by atoms with van der Waals surface area (Å²) in [5.74, 6) is 0. The third-order valence-electron chi connectivity index (χ3n) is 5.74. The van der Waals surface area contributed by atoms with Gasteiger partial charge in [0.2, 0.25) is 0 Å². The van der Waals surface area contributed by atoms with Crippen molar-refractivity contribution in [3.05, 3.63) is 0 Å². The van der Waals surface area contributed by atoms with Crippen molar-refractivity contribution in [3.8, 4) is 0 Å². The van der Waals surface area contributed by atoms with Gasteiger partial charge < -0.3 is 9.66 Å². The van der Waals surface area contributed by atoms with Gasteiger partial charge in [-0.1, -0.05) is 110 Å². The van der Waals surface area contributed by atoms with Crippen molar-refractivity contribution < 1.29 is 47.6 Å². The summed E-state index contributed by atoms with van der Waals surface area (Å²) < 4.78 is 33.8. The maximum absolute atomic E-state index is 11.3. The Morgan fingerprint density at radius 2 is 0.966 bits per heavy atom. The first-order valence-electron chi connectivity index (χ1n) is 12.0. The Balaban J connectivity index is 0. The van der Waals surface area contributed by atoms with Crippen LogP contribution in [0.25, 0.3) is 0 Å². The molecule has 0 saturated heterocycles. The number of unbranched alkanes of at least 4 members (excludes halogenated alkanes) is 12. The molecule has 0 saturated carbocycles. The number of rotatable bonds is 21. The zero-order valence-electron chi connectivity index (χ0n) is 19.7. The van der Waals surface area contributed by atoms with E-state index >= 15 is 0 Å². The van der Waals surface area contributed by atoms with Crippen molar-refractivity contribution >= 4 is 10.1 Å². The molecule has 0 amide bonds. The Morgan fingerprint density at radius 3 is 1.38 bits per heavy atom. The van der Waals surface area contributed by atoms with Crippen LogP contribution in [0.15, 0.2) is 0 Å². The molecule has 0 radical (unpaired) electrons. The van der Waals surface area contributed by atoms with Gasteiger partial charge in [0.1, 0.15) is 0 Å². The predicted octanol–water partition coefficient (Wildman–Crippen LogP) is 3.72. The number of hydrogen-bond acceptors (Lipinski definition) is 4. The average molecular weight is 443 g/mol. The monoisotopic (exact) mass is 442 g/mol. The minimum absolute atomic E-state index is 0. The van der Waals surface area contributed by atoms with Crippen LogP contribution in [-0.4, -0.2) is 29.4 Å². The molecule has 2 atom stereocenters. The van der Waals surface area contributed by atoms with Crippen LogP contribution in [-0.2, 0) is 10.1 Å². The van der Waals surface area contributed by atoms with Crippen molar-refractivity contribution in [2.24, 2.45) is 0 Å². The van der Waals surface area contributed by atoms with Crippen LogP contribution < -0.4 is 29.6 Å². The van der Waals surface area contributed by atoms with E-state index in [0.717, 1.165) is 57.8 Å². The Morgan fingerprint density at radius 1 is 0.621 bits per heavy atom. The molecule has 1 N–H and O–H groups in total. The minimum atomic E-state index is -4.13. The van der Waals surface area contributed by atoms with Crippen molar-refractivity contribution in [2.45, 2.75) is 147 Å². The Kier molecular flexibility index (Phi) is 24.4. The second-order valence-electron chi connectivity index (χ2n) is 8.52. The third kappa shape index (κ3) is 21.9. The summed E-state index contributed by atoms with van der Waals surface area (Å²) in [5, 5.41) is 9.28. The summed E-state index contributed by atoms with van der Waals surface area (Å²) in [5.41, 5.74) is 0. The van der Waals surface area contributed by atoms with E-state index in [2.05, 4.69) is 6.92 Å². The average Bonchev–Trinajstić information content (AvgIpc) is 2.64. The number of aliphatic hydroxyl groups excluding tert-OH is 1. The summed E-state index contributed by atoms with van der Waals surface area (Å²) in [6.45, 7) is 4.23. The van der Waals surface area contributed by atoms with E-state index in [1.165, 1.54) is 51.4 Å². The Hall–Kier alpha value is 0.870. The molecule has 2 unspecified atom stereocenters. The van der Waals surface area contributed by atoms with Crippen LogP contribution in [0.5, 0.6) is 0 Å². The maximum Gasteiger partial charge on any atom is 1.00 e. The fourth-order valence-corrected chi connectivity index (χ4v) is 4.72. The van der Waals surface area contributed by atoms with Crippen molar-refractivity contribution in [2.75, 3.05) is 0 Å². The Bertz CT molecular complexity index is 429. The standard InChI is InChI=1S/C23H48O4S.Na/c1-3-5-7-15-18-22(24)19-16-13-11-9-8-10-12-14-17-21-23(20-6-4-2)28(25,26)27;/h22-24H,3-21H2,1-2H3,(H,25,26,27);/q;+1/p-1. The van der Waals surface area contributed by atoms with E-state index in [-0.39, 0.29) is 35.7 Å². The van der Waals surface area contributed by atoms with Gasteiger partial charge in [0.25, 0.3) is 0 Å². The molecule has 0 aromatic carbocycles. The molecule has 170 valence electrons. The quantitative estimate of drug-likeness (QED) is 0.167. The van der Waals surface area contributed by atoms with E-state index in [4.69, 9.17) is 0 Å². The Labute approximate surface area is 204 Å². The molecular weight excluding hydrogens is 395 g/mol. The third-order valence-corrected chi connectivity index (χ3v) is 7.03. The zero-order chi connectivity index (χ0) is 21.1. The summed E-state index contributed by atoms with van der Waals surface area (Å²) in [6, 6.07) is 0. The fraction of sp³-hybridized carbons (Fsp3) is 1.00. The van der Waals surface area contributed by atoms with Crippen LogP contribution in [0.3, 0.4) is 0 Å². The van der Waals surface area contributed by atoms with Gasteiger partial charge in [-0.3, -0.25) is 0 Å². The van der Waals surface area contributed by atoms with Gasteiger partial charge in [-0.15, -0.1) is 0 Å². The summed E-state index contributed by atoms with van der Waals surface area (Å²) in [7, 11) is -4.13. The molecular formula is C23H47NaO4S. The predicted molar refractivity (Wildman–Crippen MR) is 119 cm³/mol. The molecule has 0 aliphatic rings. The normalized spacial score (nSPS) is 13.8. The molecule has 0 heterocycles. The van der Waals surface area contributed by atoms with Gasteiger partial charge in [-0.2, -0.15) is 0 Å². The number of aliphatic hydroxyl groups is 1. The smallest absolute Gasteiger partial charge is 0.748 e. The van der Waals surface area contributed by atoms with E-state index in [1.807, 2.05) is 6.92 Å². The van der Waals surface area contributed by atoms with Gasteiger partial charge in [0.05, 0.1) is 16.2 Å². The summed E-state index contributed by atoms with van der Waals surface area (Å²) in [4.78, 5) is 0. The zero-order valence-corrected chi connectivity index (χ0v) is 22.5. The molecule has 6 heteroatoms. The van der Waals surface area contributed by atoms with E-state index in [0.29, 0.717) is 12.8 Å². The fourth-order valence-electron chi connectivity index (χ4n) is 3.81. The molecule has 0 aliphatic carbocycles. The van der Waals surface area contributed by atoms with Crippen LogP contribution in [0.2, 0.25) is 0 Å². The molecule has 0 aromatic heterocycles. The number of hydrogen-bond donors (Lipinski definition) is 1. The van der Waals surface area contributed by atoms with Gasteiger partial charge in [0, 0.05) is 5.25 Å². The molecule has 0 aromatic rings. The van der Waals surface area contributed by atoms with Crippen LogP contribution in [0, 0.1) is 0 Å². The molecule has 0 rings (SSSR count). The second kappa shape index (κ2) is 22.1. The first-order valence-corrected chi connectivity index (χ1v) is 13.5. The second-order valence-corrected chi connectivity index (χ2v) is 10.2. The summed E-state index contributed by atoms with van der Waals surface area (Å²) in [6.07, 6.45) is 19.9. The van der Waals surface area contributed by atoms with Crippen LogP contribution in [0.4, 0.5) is 0 Å². The van der Waals surface area contributed by atoms with Crippen LogP contribution >= 0.6 is 0 Å². The SMILES string of the molecule is CCCCCCC(O)CCCCCCCCCCCC(CCCC)S(=O)(=O)[O-].[Na+]. The van der Waals surface area contributed by atoms with Gasteiger partial charge in [0.15, 0.2) is 0 Å². The minimum Gasteiger partial charge on any atom is -0.748 e. The largest absolute Gasteiger partial charge is 1.00 e. The topological polar surface area (TPSA) is 77.4 Å². The van der Waals surface area contributed by atoms with Crippen LogP contribution in [0.1, 0.15) is 136 Å². The first kappa shape index (κ1) is 32.1.